The highest BCUT2D eigenvalue weighted by molar-refractivity contribution is 7.99. The lowest BCUT2D eigenvalue weighted by molar-refractivity contribution is -0.113. The van der Waals surface area contributed by atoms with Crippen LogP contribution in [0.2, 0.25) is 10.0 Å². The predicted octanol–water partition coefficient (Wildman–Crippen LogP) is 5.61. The van der Waals surface area contributed by atoms with Crippen LogP contribution in [-0.2, 0) is 11.8 Å². The van der Waals surface area contributed by atoms with E-state index in [2.05, 4.69) is 21.6 Å². The maximum Gasteiger partial charge on any atom is 0.234 e. The molecule has 0 aliphatic carbocycles. The quantitative estimate of drug-likeness (QED) is 0.460. The molecule has 0 fully saturated rings. The van der Waals surface area contributed by atoms with E-state index in [0.29, 0.717) is 26.8 Å². The SMILES string of the molecule is Cc1cc(C)cc(NC(=O)CSc2nnc(C(C)Oc3ccc(Cl)cc3Cl)n2C)c1. The average Bonchev–Trinajstić information content (AvgIpc) is 3.02. The number of carbonyl (C=O) groups excluding carboxylic acids is 1. The van der Waals surface area contributed by atoms with Gasteiger partial charge in [0.25, 0.3) is 0 Å². The molecule has 1 unspecified atom stereocenters. The van der Waals surface area contributed by atoms with Crippen molar-refractivity contribution in [3.63, 3.8) is 0 Å². The van der Waals surface area contributed by atoms with Crippen LogP contribution >= 0.6 is 35.0 Å². The normalized spacial score (nSPS) is 11.9. The summed E-state index contributed by atoms with van der Waals surface area (Å²) in [6.07, 6.45) is -0.389. The number of amides is 1. The average molecular weight is 465 g/mol. The Bertz CT molecular complexity index is 1050. The third kappa shape index (κ3) is 5.68. The Hall–Kier alpha value is -2.22. The van der Waals surface area contributed by atoms with E-state index in [-0.39, 0.29) is 17.8 Å². The number of hydrogen-bond donors (Lipinski definition) is 1. The van der Waals surface area contributed by atoms with Crippen molar-refractivity contribution in [3.8, 4) is 5.75 Å². The zero-order valence-corrected chi connectivity index (χ0v) is 19.4. The summed E-state index contributed by atoms with van der Waals surface area (Å²) in [4.78, 5) is 12.3. The van der Waals surface area contributed by atoms with Crippen LogP contribution in [0.25, 0.3) is 0 Å². The number of thioether (sulfide) groups is 1. The molecule has 0 aliphatic rings. The summed E-state index contributed by atoms with van der Waals surface area (Å²) in [5.74, 6) is 1.25. The molecule has 6 nitrogen and oxygen atoms in total. The number of halogens is 2. The number of hydrogen-bond acceptors (Lipinski definition) is 5. The van der Waals surface area contributed by atoms with Crippen molar-refractivity contribution in [1.29, 1.82) is 0 Å². The molecular formula is C21H22Cl2N4O2S. The van der Waals surface area contributed by atoms with Crippen LogP contribution in [0.3, 0.4) is 0 Å². The van der Waals surface area contributed by atoms with Crippen molar-refractivity contribution in [1.82, 2.24) is 14.8 Å². The van der Waals surface area contributed by atoms with E-state index < -0.39 is 0 Å². The fraction of sp³-hybridized carbons (Fsp3) is 0.286. The molecule has 3 rings (SSSR count). The first-order valence-corrected chi connectivity index (χ1v) is 11.0. The third-order valence-electron chi connectivity index (χ3n) is 4.27. The maximum absolute atomic E-state index is 12.3. The Kier molecular flexibility index (Phi) is 7.28. The van der Waals surface area contributed by atoms with Crippen molar-refractivity contribution in [3.05, 3.63) is 63.4 Å². The number of nitrogens with zero attached hydrogens (tertiary/aromatic N) is 3. The van der Waals surface area contributed by atoms with Gasteiger partial charge in [-0.3, -0.25) is 4.79 Å². The molecule has 0 saturated heterocycles. The maximum atomic E-state index is 12.3. The molecule has 1 atom stereocenters. The zero-order chi connectivity index (χ0) is 21.8. The lowest BCUT2D eigenvalue weighted by Crippen LogP contribution is -2.15. The summed E-state index contributed by atoms with van der Waals surface area (Å²) in [6, 6.07) is 11.0. The predicted molar refractivity (Wildman–Crippen MR) is 122 cm³/mol. The lowest BCUT2D eigenvalue weighted by atomic mass is 10.1. The minimum atomic E-state index is -0.389. The highest BCUT2D eigenvalue weighted by Gasteiger charge is 2.19. The fourth-order valence-electron chi connectivity index (χ4n) is 2.99. The molecule has 158 valence electrons. The number of carbonyl (C=O) groups is 1. The third-order valence-corrected chi connectivity index (χ3v) is 5.82. The molecule has 1 amide bonds. The number of ether oxygens (including phenoxy) is 1. The largest absolute Gasteiger partial charge is 0.481 e. The Morgan fingerprint density at radius 2 is 1.87 bits per heavy atom. The molecular weight excluding hydrogens is 443 g/mol. The van der Waals surface area contributed by atoms with Crippen LogP contribution in [0.5, 0.6) is 5.75 Å². The summed E-state index contributed by atoms with van der Waals surface area (Å²) in [7, 11) is 1.84. The molecule has 0 radical (unpaired) electrons. The first-order chi connectivity index (χ1) is 14.2. The number of nitrogens with one attached hydrogen (secondary N) is 1. The molecule has 1 N–H and O–H groups in total. The van der Waals surface area contributed by atoms with Crippen LogP contribution in [0.4, 0.5) is 5.69 Å². The second kappa shape index (κ2) is 9.73. The minimum Gasteiger partial charge on any atom is -0.481 e. The van der Waals surface area contributed by atoms with Gasteiger partial charge in [0.1, 0.15) is 5.75 Å². The molecule has 2 aromatic carbocycles. The van der Waals surface area contributed by atoms with E-state index in [9.17, 15) is 4.79 Å². The fourth-order valence-corrected chi connectivity index (χ4v) is 4.16. The summed E-state index contributed by atoms with van der Waals surface area (Å²) in [6.45, 7) is 5.86. The summed E-state index contributed by atoms with van der Waals surface area (Å²) >= 11 is 13.4. The van der Waals surface area contributed by atoms with E-state index in [1.54, 1.807) is 18.2 Å². The van der Waals surface area contributed by atoms with Crippen molar-refractivity contribution >= 4 is 46.6 Å². The van der Waals surface area contributed by atoms with Gasteiger partial charge < -0.3 is 14.6 Å². The zero-order valence-electron chi connectivity index (χ0n) is 17.1. The van der Waals surface area contributed by atoms with Gasteiger partial charge in [-0.05, 0) is 62.2 Å². The van der Waals surface area contributed by atoms with E-state index in [4.69, 9.17) is 27.9 Å². The van der Waals surface area contributed by atoms with E-state index in [1.807, 2.05) is 44.5 Å². The molecule has 30 heavy (non-hydrogen) atoms. The summed E-state index contributed by atoms with van der Waals surface area (Å²) in [5.41, 5.74) is 3.00. The minimum absolute atomic E-state index is 0.105. The summed E-state index contributed by atoms with van der Waals surface area (Å²) in [5, 5.41) is 12.9. The Labute approximate surface area is 189 Å². The molecule has 9 heteroatoms. The van der Waals surface area contributed by atoms with Crippen LogP contribution in [0.15, 0.2) is 41.6 Å². The van der Waals surface area contributed by atoms with Gasteiger partial charge in [0, 0.05) is 17.8 Å². The lowest BCUT2D eigenvalue weighted by Gasteiger charge is -2.15. The molecule has 0 aliphatic heterocycles. The molecule has 1 aromatic heterocycles. The van der Waals surface area contributed by atoms with Gasteiger partial charge in [-0.2, -0.15) is 0 Å². The topological polar surface area (TPSA) is 69.0 Å². The van der Waals surface area contributed by atoms with Crippen LogP contribution < -0.4 is 10.1 Å². The van der Waals surface area contributed by atoms with Crippen LogP contribution in [0.1, 0.15) is 30.0 Å². The van der Waals surface area contributed by atoms with Crippen molar-refractivity contribution < 1.29 is 9.53 Å². The molecule has 0 spiro atoms. The smallest absolute Gasteiger partial charge is 0.234 e. The number of rotatable bonds is 7. The monoisotopic (exact) mass is 464 g/mol. The van der Waals surface area contributed by atoms with Gasteiger partial charge in [0.2, 0.25) is 5.91 Å². The Morgan fingerprint density at radius 1 is 1.17 bits per heavy atom. The van der Waals surface area contributed by atoms with Crippen molar-refractivity contribution in [2.45, 2.75) is 32.0 Å². The van der Waals surface area contributed by atoms with E-state index in [0.717, 1.165) is 16.8 Å². The van der Waals surface area contributed by atoms with Gasteiger partial charge in [-0.15, -0.1) is 10.2 Å². The second-order valence-electron chi connectivity index (χ2n) is 6.95. The van der Waals surface area contributed by atoms with Crippen molar-refractivity contribution in [2.75, 3.05) is 11.1 Å². The highest BCUT2D eigenvalue weighted by atomic mass is 35.5. The van der Waals surface area contributed by atoms with E-state index >= 15 is 0 Å². The Balaban J connectivity index is 1.61. The van der Waals surface area contributed by atoms with Gasteiger partial charge >= 0.3 is 0 Å². The highest BCUT2D eigenvalue weighted by Crippen LogP contribution is 2.31. The number of anilines is 1. The standard InChI is InChI=1S/C21H22Cl2N4O2S/c1-12-7-13(2)9-16(8-12)24-19(28)11-30-21-26-25-20(27(21)4)14(3)29-18-6-5-15(22)10-17(18)23/h5-10,14H,11H2,1-4H3,(H,24,28). The number of aromatic nitrogens is 3. The van der Waals surface area contributed by atoms with Crippen molar-refractivity contribution in [2.24, 2.45) is 7.05 Å². The second-order valence-corrected chi connectivity index (χ2v) is 8.73. The first-order valence-electron chi connectivity index (χ1n) is 9.25. The molecule has 0 saturated carbocycles. The molecule has 0 bridgehead atoms. The Morgan fingerprint density at radius 3 is 2.53 bits per heavy atom. The number of benzene rings is 2. The molecule has 1 heterocycles. The number of aryl methyl sites for hydroxylation is 2. The molecule has 3 aromatic rings. The van der Waals surface area contributed by atoms with Gasteiger partial charge in [0.15, 0.2) is 17.1 Å². The van der Waals surface area contributed by atoms with E-state index in [1.165, 1.54) is 11.8 Å². The first kappa shape index (κ1) is 22.5. The van der Waals surface area contributed by atoms with Gasteiger partial charge in [0.05, 0.1) is 10.8 Å². The van der Waals surface area contributed by atoms with Gasteiger partial charge in [-0.1, -0.05) is 41.0 Å². The van der Waals surface area contributed by atoms with Gasteiger partial charge in [-0.25, -0.2) is 0 Å². The van der Waals surface area contributed by atoms with Crippen LogP contribution in [0, 0.1) is 13.8 Å². The summed E-state index contributed by atoms with van der Waals surface area (Å²) < 4.78 is 7.71. The van der Waals surface area contributed by atoms with Crippen LogP contribution in [-0.4, -0.2) is 26.4 Å².